The van der Waals surface area contributed by atoms with Gasteiger partial charge in [-0.05, 0) is 53.7 Å². The molecule has 3 heterocycles. The van der Waals surface area contributed by atoms with E-state index in [1.165, 1.54) is 5.56 Å². The summed E-state index contributed by atoms with van der Waals surface area (Å²) in [7, 11) is 0. The highest BCUT2D eigenvalue weighted by Crippen LogP contribution is 2.34. The molecule has 152 valence electrons. The summed E-state index contributed by atoms with van der Waals surface area (Å²) in [6.07, 6.45) is 1.06. The molecule has 6 heteroatoms. The van der Waals surface area contributed by atoms with Gasteiger partial charge in [-0.2, -0.15) is 0 Å². The number of pyridine rings is 1. The van der Waals surface area contributed by atoms with Gasteiger partial charge >= 0.3 is 0 Å². The molecule has 1 aromatic heterocycles. The third kappa shape index (κ3) is 3.99. The summed E-state index contributed by atoms with van der Waals surface area (Å²) < 4.78 is 1.90. The first-order chi connectivity index (χ1) is 13.7. The number of benzene rings is 1. The Hall–Kier alpha value is -2.47. The van der Waals surface area contributed by atoms with Crippen molar-refractivity contribution in [2.75, 3.05) is 13.1 Å². The first-order valence-electron chi connectivity index (χ1n) is 10.1. The van der Waals surface area contributed by atoms with Gasteiger partial charge in [-0.1, -0.05) is 39.0 Å². The van der Waals surface area contributed by atoms with E-state index >= 15 is 0 Å². The molecule has 5 nitrogen and oxygen atoms in total. The molecule has 0 aliphatic carbocycles. The quantitative estimate of drug-likeness (QED) is 0.735. The van der Waals surface area contributed by atoms with E-state index in [2.05, 4.69) is 31.0 Å². The Morgan fingerprint density at radius 2 is 1.79 bits per heavy atom. The zero-order chi connectivity index (χ0) is 20.8. The van der Waals surface area contributed by atoms with Crippen LogP contribution in [-0.2, 0) is 12.0 Å². The molecule has 0 radical (unpaired) electrons. The molecule has 4 rings (SSSR count). The highest BCUT2D eigenvalue weighted by Gasteiger charge is 2.35. The number of hydrogen-bond donors (Lipinski definition) is 1. The minimum absolute atomic E-state index is 0.0498. The molecule has 0 unspecified atom stereocenters. The van der Waals surface area contributed by atoms with Crippen LogP contribution in [0.3, 0.4) is 0 Å². The van der Waals surface area contributed by atoms with E-state index in [0.717, 1.165) is 25.2 Å². The lowest BCUT2D eigenvalue weighted by atomic mass is 9.83. The maximum atomic E-state index is 12.7. The van der Waals surface area contributed by atoms with Crippen LogP contribution in [0.1, 0.15) is 54.7 Å². The number of thiocarbonyl (C=S) groups is 1. The molecule has 1 saturated heterocycles. The Bertz CT molecular complexity index is 1000. The fraction of sp³-hybridized carbons (Fsp3) is 0.435. The molecule has 2 atom stereocenters. The monoisotopic (exact) mass is 409 g/mol. The molecule has 0 spiro atoms. The second kappa shape index (κ2) is 7.41. The van der Waals surface area contributed by atoms with Gasteiger partial charge in [-0.3, -0.25) is 14.9 Å². The lowest BCUT2D eigenvalue weighted by Crippen LogP contribution is -2.52. The standard InChI is InChI=1S/C23H27N3O2S/c1-23(2,3)18-9-7-16(8-10-18)21(28)24-22(29)25-12-15-11-17(14-25)19-5-4-6-20(27)26(19)13-15/h4-10,15,17H,11-14H2,1-3H3,(H,24,28,29)/t15-,17-/m1/s1. The van der Waals surface area contributed by atoms with Crippen LogP contribution >= 0.6 is 12.2 Å². The summed E-state index contributed by atoms with van der Waals surface area (Å²) in [5, 5.41) is 3.37. The number of hydrogen-bond acceptors (Lipinski definition) is 3. The Morgan fingerprint density at radius 1 is 1.07 bits per heavy atom. The normalized spacial score (nSPS) is 20.7. The minimum Gasteiger partial charge on any atom is -0.348 e. The predicted octanol–water partition coefficient (Wildman–Crippen LogP) is 3.28. The molecule has 2 aliphatic heterocycles. The van der Waals surface area contributed by atoms with Crippen LogP contribution in [0.25, 0.3) is 0 Å². The van der Waals surface area contributed by atoms with Crippen LogP contribution in [0.2, 0.25) is 0 Å². The van der Waals surface area contributed by atoms with Gasteiger partial charge in [0.2, 0.25) is 0 Å². The van der Waals surface area contributed by atoms with E-state index in [9.17, 15) is 9.59 Å². The number of carbonyl (C=O) groups excluding carboxylic acids is 1. The largest absolute Gasteiger partial charge is 0.348 e. The van der Waals surface area contributed by atoms with Crippen molar-refractivity contribution in [3.05, 3.63) is 69.6 Å². The number of fused-ring (bicyclic) bond motifs is 4. The fourth-order valence-electron chi connectivity index (χ4n) is 4.43. The Labute approximate surface area is 176 Å². The summed E-state index contributed by atoms with van der Waals surface area (Å²) in [6.45, 7) is 8.65. The van der Waals surface area contributed by atoms with E-state index in [4.69, 9.17) is 12.2 Å². The average molecular weight is 410 g/mol. The first kappa shape index (κ1) is 19.8. The van der Waals surface area contributed by atoms with Crippen LogP contribution in [0, 0.1) is 5.92 Å². The van der Waals surface area contributed by atoms with E-state index in [-0.39, 0.29) is 22.8 Å². The Balaban J connectivity index is 1.44. The van der Waals surface area contributed by atoms with Crippen molar-refractivity contribution in [1.82, 2.24) is 14.8 Å². The molecule has 1 aromatic carbocycles. The summed E-state index contributed by atoms with van der Waals surface area (Å²) in [4.78, 5) is 26.9. The molecule has 1 fully saturated rings. The number of nitrogens with one attached hydrogen (secondary N) is 1. The zero-order valence-corrected chi connectivity index (χ0v) is 18.0. The smallest absolute Gasteiger partial charge is 0.257 e. The number of likely N-dealkylation sites (tertiary alicyclic amines) is 1. The van der Waals surface area contributed by atoms with Gasteiger partial charge in [0.15, 0.2) is 5.11 Å². The number of carbonyl (C=O) groups is 1. The molecular weight excluding hydrogens is 382 g/mol. The lowest BCUT2D eigenvalue weighted by molar-refractivity contribution is 0.0968. The number of piperidine rings is 1. The predicted molar refractivity (Wildman–Crippen MR) is 118 cm³/mol. The maximum absolute atomic E-state index is 12.7. The molecule has 2 aromatic rings. The van der Waals surface area contributed by atoms with Crippen molar-refractivity contribution in [1.29, 1.82) is 0 Å². The van der Waals surface area contributed by atoms with Crippen molar-refractivity contribution >= 4 is 23.2 Å². The van der Waals surface area contributed by atoms with E-state index in [0.29, 0.717) is 23.1 Å². The fourth-order valence-corrected chi connectivity index (χ4v) is 4.67. The first-order valence-corrected chi connectivity index (χ1v) is 10.5. The zero-order valence-electron chi connectivity index (χ0n) is 17.1. The van der Waals surface area contributed by atoms with Crippen molar-refractivity contribution in [3.8, 4) is 0 Å². The van der Waals surface area contributed by atoms with Gasteiger partial charge in [0, 0.05) is 42.9 Å². The molecule has 1 amide bonds. The van der Waals surface area contributed by atoms with Crippen LogP contribution in [0.5, 0.6) is 0 Å². The van der Waals surface area contributed by atoms with Crippen molar-refractivity contribution in [2.45, 2.75) is 45.1 Å². The van der Waals surface area contributed by atoms with Crippen LogP contribution < -0.4 is 10.9 Å². The molecule has 2 aliphatic rings. The van der Waals surface area contributed by atoms with Gasteiger partial charge in [-0.25, -0.2) is 0 Å². The number of amides is 1. The van der Waals surface area contributed by atoms with E-state index in [1.54, 1.807) is 6.07 Å². The summed E-state index contributed by atoms with van der Waals surface area (Å²) in [5.41, 5.74) is 2.99. The second-order valence-corrected chi connectivity index (χ2v) is 9.58. The van der Waals surface area contributed by atoms with Gasteiger partial charge < -0.3 is 9.47 Å². The molecule has 0 saturated carbocycles. The van der Waals surface area contributed by atoms with Gasteiger partial charge in [0.05, 0.1) is 0 Å². The highest BCUT2D eigenvalue weighted by molar-refractivity contribution is 7.80. The maximum Gasteiger partial charge on any atom is 0.257 e. The van der Waals surface area contributed by atoms with Gasteiger partial charge in [-0.15, -0.1) is 0 Å². The number of nitrogens with zero attached hydrogens (tertiary/aromatic N) is 2. The van der Waals surface area contributed by atoms with Crippen LogP contribution in [0.15, 0.2) is 47.3 Å². The van der Waals surface area contributed by atoms with Crippen molar-refractivity contribution < 1.29 is 4.79 Å². The highest BCUT2D eigenvalue weighted by atomic mass is 32.1. The molecule has 1 N–H and O–H groups in total. The number of rotatable bonds is 1. The average Bonchev–Trinajstić information content (AvgIpc) is 2.68. The lowest BCUT2D eigenvalue weighted by Gasteiger charge is -2.43. The van der Waals surface area contributed by atoms with E-state index < -0.39 is 0 Å². The van der Waals surface area contributed by atoms with Gasteiger partial charge in [0.1, 0.15) is 0 Å². The summed E-state index contributed by atoms with van der Waals surface area (Å²) in [5.74, 6) is 0.447. The minimum atomic E-state index is -0.178. The molecule has 2 bridgehead atoms. The molecular formula is C23H27N3O2S. The summed E-state index contributed by atoms with van der Waals surface area (Å²) in [6, 6.07) is 13.2. The topological polar surface area (TPSA) is 54.3 Å². The third-order valence-electron chi connectivity index (χ3n) is 6.00. The van der Waals surface area contributed by atoms with Crippen LogP contribution in [0.4, 0.5) is 0 Å². The summed E-state index contributed by atoms with van der Waals surface area (Å²) >= 11 is 5.56. The third-order valence-corrected chi connectivity index (χ3v) is 6.36. The van der Waals surface area contributed by atoms with Crippen molar-refractivity contribution in [3.63, 3.8) is 0 Å². The Morgan fingerprint density at radius 3 is 2.48 bits per heavy atom. The van der Waals surface area contributed by atoms with Gasteiger partial charge in [0.25, 0.3) is 11.5 Å². The molecule has 29 heavy (non-hydrogen) atoms. The number of aromatic nitrogens is 1. The second-order valence-electron chi connectivity index (χ2n) is 9.19. The van der Waals surface area contributed by atoms with E-state index in [1.807, 2.05) is 41.0 Å². The SMILES string of the molecule is CC(C)(C)c1ccc(C(=O)NC(=S)N2C[C@H]3C[C@H](C2)c2cccc(=O)n2C3)cc1. The van der Waals surface area contributed by atoms with Crippen molar-refractivity contribution in [2.24, 2.45) is 5.92 Å². The van der Waals surface area contributed by atoms with Crippen LogP contribution in [-0.4, -0.2) is 33.6 Å². The Kier molecular flexibility index (Phi) is 5.07.